The van der Waals surface area contributed by atoms with Crippen LogP contribution in [0.25, 0.3) is 0 Å². The minimum Gasteiger partial charge on any atom is -0.378 e. The van der Waals surface area contributed by atoms with Crippen molar-refractivity contribution in [2.45, 2.75) is 44.9 Å². The molecular weight excluding hydrogens is 382 g/mol. The summed E-state index contributed by atoms with van der Waals surface area (Å²) in [6.45, 7) is 3.22. The second kappa shape index (κ2) is 7.84. The zero-order valence-corrected chi connectivity index (χ0v) is 17.5. The van der Waals surface area contributed by atoms with Gasteiger partial charge in [0.25, 0.3) is 11.6 Å². The summed E-state index contributed by atoms with van der Waals surface area (Å²) in [4.78, 5) is 26.0. The predicted octanol–water partition coefficient (Wildman–Crippen LogP) is 3.77. The molecule has 1 heterocycles. The van der Waals surface area contributed by atoms with Crippen LogP contribution in [-0.2, 0) is 4.74 Å². The molecule has 1 aromatic rings. The van der Waals surface area contributed by atoms with Crippen molar-refractivity contribution in [2.75, 3.05) is 37.7 Å². The standard InChI is InChI=1S/C23H31N3O4/c27-22(24-4-3-23-13-16-9-17(14-23)11-18(10-16)15-23)20-12-19(26(28)29)1-2-21(20)25-5-7-30-8-6-25/h1-2,12,16-18H,3-11,13-15H2,(H,24,27). The third-order valence-corrected chi connectivity index (χ3v) is 7.89. The molecule has 5 aliphatic rings. The summed E-state index contributed by atoms with van der Waals surface area (Å²) in [5, 5.41) is 14.4. The number of hydrogen-bond acceptors (Lipinski definition) is 5. The molecule has 5 fully saturated rings. The number of nitrogens with zero attached hydrogens (tertiary/aromatic N) is 2. The van der Waals surface area contributed by atoms with Crippen LogP contribution in [0.1, 0.15) is 55.3 Å². The Balaban J connectivity index is 1.28. The Hall–Kier alpha value is -2.15. The number of ether oxygens (including phenoxy) is 1. The van der Waals surface area contributed by atoms with Crippen molar-refractivity contribution in [3.05, 3.63) is 33.9 Å². The molecular formula is C23H31N3O4. The zero-order valence-electron chi connectivity index (χ0n) is 17.5. The van der Waals surface area contributed by atoms with Gasteiger partial charge in [-0.15, -0.1) is 0 Å². The summed E-state index contributed by atoms with van der Waals surface area (Å²) in [6.07, 6.45) is 9.26. The number of amides is 1. The second-order valence-electron chi connectivity index (χ2n) is 9.98. The molecule has 1 saturated heterocycles. The summed E-state index contributed by atoms with van der Waals surface area (Å²) in [5.41, 5.74) is 1.53. The van der Waals surface area contributed by atoms with E-state index in [1.165, 1.54) is 50.7 Å². The Bertz CT molecular complexity index is 798. The summed E-state index contributed by atoms with van der Waals surface area (Å²) in [6, 6.07) is 4.61. The van der Waals surface area contributed by atoms with Crippen molar-refractivity contribution in [3.63, 3.8) is 0 Å². The van der Waals surface area contributed by atoms with E-state index in [1.54, 1.807) is 6.07 Å². The number of anilines is 1. The summed E-state index contributed by atoms with van der Waals surface area (Å²) in [7, 11) is 0. The van der Waals surface area contributed by atoms with E-state index in [9.17, 15) is 14.9 Å². The van der Waals surface area contributed by atoms with Crippen molar-refractivity contribution < 1.29 is 14.5 Å². The van der Waals surface area contributed by atoms with Crippen molar-refractivity contribution in [1.82, 2.24) is 5.32 Å². The molecule has 1 N–H and O–H groups in total. The average Bonchev–Trinajstić information content (AvgIpc) is 2.72. The molecule has 0 radical (unpaired) electrons. The molecule has 4 bridgehead atoms. The van der Waals surface area contributed by atoms with Gasteiger partial charge < -0.3 is 15.0 Å². The van der Waals surface area contributed by atoms with Gasteiger partial charge in [0, 0.05) is 31.8 Å². The van der Waals surface area contributed by atoms with Crippen LogP contribution in [0.15, 0.2) is 18.2 Å². The summed E-state index contributed by atoms with van der Waals surface area (Å²) >= 11 is 0. The molecule has 162 valence electrons. The number of carbonyl (C=O) groups excluding carboxylic acids is 1. The number of nitro groups is 1. The van der Waals surface area contributed by atoms with Crippen LogP contribution in [0.4, 0.5) is 11.4 Å². The van der Waals surface area contributed by atoms with Gasteiger partial charge in [-0.05, 0) is 74.2 Å². The fraction of sp³-hybridized carbons (Fsp3) is 0.696. The minimum atomic E-state index is -0.435. The largest absolute Gasteiger partial charge is 0.378 e. The SMILES string of the molecule is O=C(NCCC12CC3CC(CC(C3)C1)C2)c1cc([N+](=O)[O-])ccc1N1CCOCC1. The van der Waals surface area contributed by atoms with Crippen LogP contribution in [0, 0.1) is 33.3 Å². The molecule has 4 saturated carbocycles. The van der Waals surface area contributed by atoms with Crippen molar-refractivity contribution in [3.8, 4) is 0 Å². The lowest BCUT2D eigenvalue weighted by Crippen LogP contribution is -2.47. The van der Waals surface area contributed by atoms with E-state index >= 15 is 0 Å². The molecule has 4 aliphatic carbocycles. The van der Waals surface area contributed by atoms with E-state index < -0.39 is 4.92 Å². The molecule has 1 aromatic carbocycles. The maximum absolute atomic E-state index is 13.1. The summed E-state index contributed by atoms with van der Waals surface area (Å²) < 4.78 is 5.41. The van der Waals surface area contributed by atoms with Crippen LogP contribution < -0.4 is 10.2 Å². The van der Waals surface area contributed by atoms with Crippen molar-refractivity contribution >= 4 is 17.3 Å². The first-order chi connectivity index (χ1) is 14.5. The highest BCUT2D eigenvalue weighted by Crippen LogP contribution is 2.61. The molecule has 6 rings (SSSR count). The Morgan fingerprint density at radius 3 is 2.37 bits per heavy atom. The smallest absolute Gasteiger partial charge is 0.270 e. The van der Waals surface area contributed by atoms with Gasteiger partial charge in [0.2, 0.25) is 0 Å². The fourth-order valence-corrected chi connectivity index (χ4v) is 7.03. The highest BCUT2D eigenvalue weighted by molar-refractivity contribution is 6.00. The van der Waals surface area contributed by atoms with Crippen LogP contribution >= 0.6 is 0 Å². The Labute approximate surface area is 177 Å². The number of carbonyl (C=O) groups is 1. The zero-order chi connectivity index (χ0) is 20.7. The van der Waals surface area contributed by atoms with Gasteiger partial charge >= 0.3 is 0 Å². The van der Waals surface area contributed by atoms with Crippen LogP contribution in [-0.4, -0.2) is 43.7 Å². The molecule has 0 spiro atoms. The lowest BCUT2D eigenvalue weighted by Gasteiger charge is -2.57. The molecule has 0 atom stereocenters. The highest BCUT2D eigenvalue weighted by Gasteiger charge is 2.50. The minimum absolute atomic E-state index is 0.0433. The number of benzene rings is 1. The van der Waals surface area contributed by atoms with E-state index in [-0.39, 0.29) is 11.6 Å². The monoisotopic (exact) mass is 413 g/mol. The van der Waals surface area contributed by atoms with Crippen molar-refractivity contribution in [2.24, 2.45) is 23.2 Å². The number of rotatable bonds is 6. The van der Waals surface area contributed by atoms with Gasteiger partial charge in [-0.2, -0.15) is 0 Å². The lowest BCUT2D eigenvalue weighted by atomic mass is 9.49. The van der Waals surface area contributed by atoms with E-state index in [0.717, 1.165) is 29.9 Å². The van der Waals surface area contributed by atoms with E-state index in [4.69, 9.17) is 4.74 Å². The average molecular weight is 414 g/mol. The molecule has 1 amide bonds. The first-order valence-electron chi connectivity index (χ1n) is 11.4. The van der Waals surface area contributed by atoms with E-state index in [1.807, 2.05) is 0 Å². The third-order valence-electron chi connectivity index (χ3n) is 7.89. The number of hydrogen-bond donors (Lipinski definition) is 1. The summed E-state index contributed by atoms with van der Waals surface area (Å²) in [5.74, 6) is 2.50. The molecule has 1 aliphatic heterocycles. The number of nitro benzene ring substituents is 1. The number of morpholine rings is 1. The predicted molar refractivity (Wildman–Crippen MR) is 114 cm³/mol. The Morgan fingerprint density at radius 1 is 1.13 bits per heavy atom. The van der Waals surface area contributed by atoms with Crippen LogP contribution in [0.2, 0.25) is 0 Å². The van der Waals surface area contributed by atoms with Gasteiger partial charge in [0.05, 0.1) is 29.4 Å². The molecule has 30 heavy (non-hydrogen) atoms. The van der Waals surface area contributed by atoms with Crippen LogP contribution in [0.5, 0.6) is 0 Å². The van der Waals surface area contributed by atoms with Crippen molar-refractivity contribution in [1.29, 1.82) is 0 Å². The maximum atomic E-state index is 13.1. The fourth-order valence-electron chi connectivity index (χ4n) is 7.03. The molecule has 7 nitrogen and oxygen atoms in total. The normalized spacial score (nSPS) is 32.3. The van der Waals surface area contributed by atoms with Crippen LogP contribution in [0.3, 0.4) is 0 Å². The highest BCUT2D eigenvalue weighted by atomic mass is 16.6. The van der Waals surface area contributed by atoms with Gasteiger partial charge in [-0.3, -0.25) is 14.9 Å². The van der Waals surface area contributed by atoms with Gasteiger partial charge in [0.15, 0.2) is 0 Å². The van der Waals surface area contributed by atoms with Gasteiger partial charge in [-0.1, -0.05) is 0 Å². The number of non-ortho nitro benzene ring substituents is 1. The lowest BCUT2D eigenvalue weighted by molar-refractivity contribution is -0.384. The van der Waals surface area contributed by atoms with E-state index in [0.29, 0.717) is 43.8 Å². The van der Waals surface area contributed by atoms with E-state index in [2.05, 4.69) is 10.2 Å². The number of nitrogens with one attached hydrogen (secondary N) is 1. The molecule has 7 heteroatoms. The maximum Gasteiger partial charge on any atom is 0.270 e. The first kappa shape index (κ1) is 19.8. The second-order valence-corrected chi connectivity index (χ2v) is 9.98. The van der Waals surface area contributed by atoms with Gasteiger partial charge in [-0.25, -0.2) is 0 Å². The Morgan fingerprint density at radius 2 is 1.77 bits per heavy atom. The molecule has 0 unspecified atom stereocenters. The third kappa shape index (κ3) is 3.80. The topological polar surface area (TPSA) is 84.7 Å². The van der Waals surface area contributed by atoms with Gasteiger partial charge in [0.1, 0.15) is 0 Å². The Kier molecular flexibility index (Phi) is 5.17. The quantitative estimate of drug-likeness (QED) is 0.567. The molecule has 0 aromatic heterocycles. The first-order valence-corrected chi connectivity index (χ1v) is 11.4.